The maximum atomic E-state index is 5.59. The number of fused-ring (bicyclic) bond motifs is 1. The predicted octanol–water partition coefficient (Wildman–Crippen LogP) is 2.78. The SMILES string of the molecule is CC(C)c1c(-c2cc(N)no2)ccc2c1OCO2. The van der Waals surface area contributed by atoms with Gasteiger partial charge in [0.05, 0.1) is 0 Å². The summed E-state index contributed by atoms with van der Waals surface area (Å²) in [7, 11) is 0. The minimum absolute atomic E-state index is 0.261. The van der Waals surface area contributed by atoms with Crippen molar-refractivity contribution in [2.45, 2.75) is 19.8 Å². The number of anilines is 1. The number of nitrogens with zero attached hydrogens (tertiary/aromatic N) is 1. The molecule has 94 valence electrons. The largest absolute Gasteiger partial charge is 0.454 e. The van der Waals surface area contributed by atoms with Crippen molar-refractivity contribution in [3.8, 4) is 22.8 Å². The third kappa shape index (κ3) is 1.59. The van der Waals surface area contributed by atoms with Gasteiger partial charge >= 0.3 is 0 Å². The highest BCUT2D eigenvalue weighted by molar-refractivity contribution is 5.71. The molecule has 1 aliphatic rings. The molecular formula is C13H14N2O3. The summed E-state index contributed by atoms with van der Waals surface area (Å²) in [4.78, 5) is 0. The van der Waals surface area contributed by atoms with Crippen LogP contribution < -0.4 is 15.2 Å². The lowest BCUT2D eigenvalue weighted by molar-refractivity contribution is 0.173. The molecular weight excluding hydrogens is 232 g/mol. The van der Waals surface area contributed by atoms with Gasteiger partial charge in [-0.25, -0.2) is 0 Å². The number of ether oxygens (including phenoxy) is 2. The van der Waals surface area contributed by atoms with E-state index in [9.17, 15) is 0 Å². The van der Waals surface area contributed by atoms with Crippen LogP contribution in [0, 0.1) is 0 Å². The average Bonchev–Trinajstić information content (AvgIpc) is 2.95. The molecule has 5 nitrogen and oxygen atoms in total. The van der Waals surface area contributed by atoms with Crippen LogP contribution in [0.5, 0.6) is 11.5 Å². The van der Waals surface area contributed by atoms with E-state index in [0.717, 1.165) is 22.6 Å². The van der Waals surface area contributed by atoms with Gasteiger partial charge in [0.1, 0.15) is 0 Å². The van der Waals surface area contributed by atoms with Gasteiger partial charge in [0.25, 0.3) is 0 Å². The number of rotatable bonds is 2. The van der Waals surface area contributed by atoms with Crippen LogP contribution in [-0.2, 0) is 0 Å². The minimum Gasteiger partial charge on any atom is -0.454 e. The lowest BCUT2D eigenvalue weighted by Gasteiger charge is -2.13. The Labute approximate surface area is 104 Å². The van der Waals surface area contributed by atoms with Gasteiger partial charge in [0.15, 0.2) is 23.1 Å². The Morgan fingerprint density at radius 3 is 2.78 bits per heavy atom. The molecule has 2 N–H and O–H groups in total. The number of benzene rings is 1. The third-order valence-corrected chi connectivity index (χ3v) is 2.95. The van der Waals surface area contributed by atoms with Gasteiger partial charge < -0.3 is 19.7 Å². The highest BCUT2D eigenvalue weighted by atomic mass is 16.7. The zero-order valence-corrected chi connectivity index (χ0v) is 10.3. The van der Waals surface area contributed by atoms with E-state index in [4.69, 9.17) is 19.7 Å². The predicted molar refractivity (Wildman–Crippen MR) is 66.6 cm³/mol. The second-order valence-electron chi connectivity index (χ2n) is 4.53. The molecule has 0 aliphatic carbocycles. The van der Waals surface area contributed by atoms with Crippen molar-refractivity contribution < 1.29 is 14.0 Å². The maximum absolute atomic E-state index is 5.59. The Bertz CT molecular complexity index is 590. The second-order valence-corrected chi connectivity index (χ2v) is 4.53. The first-order valence-electron chi connectivity index (χ1n) is 5.82. The molecule has 0 fully saturated rings. The van der Waals surface area contributed by atoms with Crippen LogP contribution in [0.25, 0.3) is 11.3 Å². The quantitative estimate of drug-likeness (QED) is 0.882. The van der Waals surface area contributed by atoms with Crippen molar-refractivity contribution in [1.82, 2.24) is 5.16 Å². The van der Waals surface area contributed by atoms with E-state index in [0.29, 0.717) is 11.6 Å². The number of nitrogens with two attached hydrogens (primary N) is 1. The highest BCUT2D eigenvalue weighted by Gasteiger charge is 2.24. The summed E-state index contributed by atoms with van der Waals surface area (Å²) in [6, 6.07) is 5.54. The highest BCUT2D eigenvalue weighted by Crippen LogP contribution is 2.44. The molecule has 0 saturated carbocycles. The molecule has 0 spiro atoms. The molecule has 2 heterocycles. The van der Waals surface area contributed by atoms with Gasteiger partial charge in [-0.15, -0.1) is 0 Å². The molecule has 0 radical (unpaired) electrons. The average molecular weight is 246 g/mol. The van der Waals surface area contributed by atoms with E-state index in [1.807, 2.05) is 12.1 Å². The molecule has 0 atom stereocenters. The molecule has 1 aromatic carbocycles. The summed E-state index contributed by atoms with van der Waals surface area (Å²) in [6.07, 6.45) is 0. The van der Waals surface area contributed by atoms with Gasteiger partial charge in [0.2, 0.25) is 6.79 Å². The standard InChI is InChI=1S/C13H14N2O3/c1-7(2)12-8(10-5-11(14)15-18-10)3-4-9-13(12)17-6-16-9/h3-5,7H,6H2,1-2H3,(H2,14,15). The van der Waals surface area contributed by atoms with E-state index >= 15 is 0 Å². The molecule has 18 heavy (non-hydrogen) atoms. The van der Waals surface area contributed by atoms with Crippen molar-refractivity contribution in [3.05, 3.63) is 23.8 Å². The maximum Gasteiger partial charge on any atom is 0.231 e. The lowest BCUT2D eigenvalue weighted by Crippen LogP contribution is -1.97. The summed E-state index contributed by atoms with van der Waals surface area (Å²) in [6.45, 7) is 4.46. The van der Waals surface area contributed by atoms with E-state index < -0.39 is 0 Å². The first kappa shape index (κ1) is 11.0. The first-order valence-corrected chi connectivity index (χ1v) is 5.82. The van der Waals surface area contributed by atoms with Gasteiger partial charge in [-0.1, -0.05) is 19.0 Å². The van der Waals surface area contributed by atoms with Gasteiger partial charge in [0, 0.05) is 17.2 Å². The smallest absolute Gasteiger partial charge is 0.231 e. The summed E-state index contributed by atoms with van der Waals surface area (Å²) in [5.41, 5.74) is 7.59. The fourth-order valence-corrected chi connectivity index (χ4v) is 2.20. The number of aromatic nitrogens is 1. The summed E-state index contributed by atoms with van der Waals surface area (Å²) in [5.74, 6) is 2.86. The Balaban J connectivity index is 2.21. The van der Waals surface area contributed by atoms with Crippen LogP contribution in [0.15, 0.2) is 22.7 Å². The minimum atomic E-state index is 0.261. The van der Waals surface area contributed by atoms with E-state index in [-0.39, 0.29) is 12.7 Å². The number of nitrogen functional groups attached to an aromatic ring is 1. The molecule has 0 unspecified atom stereocenters. The van der Waals surface area contributed by atoms with Crippen molar-refractivity contribution in [2.24, 2.45) is 0 Å². The van der Waals surface area contributed by atoms with Gasteiger partial charge in [-0.2, -0.15) is 0 Å². The summed E-state index contributed by atoms with van der Waals surface area (Å²) < 4.78 is 16.2. The second kappa shape index (κ2) is 3.94. The Hall–Kier alpha value is -2.17. The van der Waals surface area contributed by atoms with Crippen LogP contribution in [-0.4, -0.2) is 11.9 Å². The van der Waals surface area contributed by atoms with E-state index in [1.165, 1.54) is 0 Å². The molecule has 2 aromatic rings. The van der Waals surface area contributed by atoms with Crippen LogP contribution in [0.4, 0.5) is 5.82 Å². The molecule has 0 bridgehead atoms. The Kier molecular flexibility index (Phi) is 2.40. The fraction of sp³-hybridized carbons (Fsp3) is 0.308. The van der Waals surface area contributed by atoms with Crippen LogP contribution in [0.3, 0.4) is 0 Å². The lowest BCUT2D eigenvalue weighted by atomic mass is 9.94. The fourth-order valence-electron chi connectivity index (χ4n) is 2.20. The summed E-state index contributed by atoms with van der Waals surface area (Å²) in [5, 5.41) is 3.72. The molecule has 1 aliphatic heterocycles. The van der Waals surface area contributed by atoms with Crippen molar-refractivity contribution in [1.29, 1.82) is 0 Å². The van der Waals surface area contributed by atoms with Crippen LogP contribution in [0.2, 0.25) is 0 Å². The van der Waals surface area contributed by atoms with Crippen molar-refractivity contribution >= 4 is 5.82 Å². The molecule has 5 heteroatoms. The van der Waals surface area contributed by atoms with E-state index in [1.54, 1.807) is 6.07 Å². The normalized spacial score (nSPS) is 13.3. The monoisotopic (exact) mass is 246 g/mol. The first-order chi connectivity index (χ1) is 8.66. The number of hydrogen-bond donors (Lipinski definition) is 1. The summed E-state index contributed by atoms with van der Waals surface area (Å²) >= 11 is 0. The van der Waals surface area contributed by atoms with Crippen LogP contribution in [0.1, 0.15) is 25.3 Å². The van der Waals surface area contributed by atoms with Gasteiger partial charge in [-0.05, 0) is 18.1 Å². The molecule has 0 amide bonds. The van der Waals surface area contributed by atoms with Crippen molar-refractivity contribution in [3.63, 3.8) is 0 Å². The molecule has 3 rings (SSSR count). The Morgan fingerprint density at radius 1 is 1.28 bits per heavy atom. The zero-order chi connectivity index (χ0) is 12.7. The third-order valence-electron chi connectivity index (χ3n) is 2.95. The van der Waals surface area contributed by atoms with Gasteiger partial charge in [-0.3, -0.25) is 0 Å². The van der Waals surface area contributed by atoms with Crippen LogP contribution >= 0.6 is 0 Å². The van der Waals surface area contributed by atoms with E-state index in [2.05, 4.69) is 19.0 Å². The molecule has 0 saturated heterocycles. The topological polar surface area (TPSA) is 70.5 Å². The number of hydrogen-bond acceptors (Lipinski definition) is 5. The molecule has 1 aromatic heterocycles. The Morgan fingerprint density at radius 2 is 2.11 bits per heavy atom. The zero-order valence-electron chi connectivity index (χ0n) is 10.3. The van der Waals surface area contributed by atoms with Crippen molar-refractivity contribution in [2.75, 3.05) is 12.5 Å².